The first-order valence-corrected chi connectivity index (χ1v) is 15.7. The predicted molar refractivity (Wildman–Crippen MR) is 150 cm³/mol. The van der Waals surface area contributed by atoms with Gasteiger partial charge in [-0.15, -0.1) is 10.2 Å². The van der Waals surface area contributed by atoms with Gasteiger partial charge in [-0.05, 0) is 60.3 Å². The third-order valence-electron chi connectivity index (χ3n) is 5.61. The van der Waals surface area contributed by atoms with Crippen LogP contribution in [0.25, 0.3) is 10.8 Å². The van der Waals surface area contributed by atoms with Crippen molar-refractivity contribution in [2.75, 3.05) is 12.0 Å². The van der Waals surface area contributed by atoms with Crippen molar-refractivity contribution in [2.24, 2.45) is 10.2 Å². The minimum absolute atomic E-state index is 0.116. The Hall–Kier alpha value is -3.81. The van der Waals surface area contributed by atoms with E-state index >= 15 is 0 Å². The number of phenols is 1. The molecule has 0 aromatic heterocycles. The van der Waals surface area contributed by atoms with Gasteiger partial charge in [0.1, 0.15) is 32.9 Å². The van der Waals surface area contributed by atoms with E-state index in [0.29, 0.717) is 11.3 Å². The summed E-state index contributed by atoms with van der Waals surface area (Å²) < 4.78 is 103. The van der Waals surface area contributed by atoms with Crippen molar-refractivity contribution in [1.82, 2.24) is 0 Å². The molecule has 14 nitrogen and oxygen atoms in total. The third-order valence-corrected chi connectivity index (χ3v) is 8.23. The molecule has 0 aliphatic carbocycles. The van der Waals surface area contributed by atoms with Gasteiger partial charge < -0.3 is 28.8 Å². The van der Waals surface area contributed by atoms with Crippen LogP contribution in [0.1, 0.15) is 5.56 Å². The summed E-state index contributed by atoms with van der Waals surface area (Å²) in [7, 11) is -14.2. The number of fused-ring (bicyclic) bond motifs is 1. The Balaban J connectivity index is 1.92. The number of hydrogen-bond acceptors (Lipinski definition) is 12. The number of aryl methyl sites for hydroxylation is 1. The molecule has 0 aliphatic rings. The average molecular weight is 626 g/mol. The van der Waals surface area contributed by atoms with Crippen molar-refractivity contribution in [1.29, 1.82) is 0 Å². The fraction of sp³-hybridized carbons (Fsp3) is 0.0833. The Bertz CT molecular complexity index is 1870. The van der Waals surface area contributed by atoms with Gasteiger partial charge in [-0.3, -0.25) is 9.11 Å². The van der Waals surface area contributed by atoms with Gasteiger partial charge in [0, 0.05) is 11.1 Å². The van der Waals surface area contributed by atoms with E-state index in [0.717, 1.165) is 24.3 Å². The summed E-state index contributed by atoms with van der Waals surface area (Å²) in [5.74, 6) is -0.391. The zero-order valence-corrected chi connectivity index (χ0v) is 23.4. The quantitative estimate of drug-likeness (QED) is 0.0664. The molecule has 0 unspecified atom stereocenters. The first-order valence-electron chi connectivity index (χ1n) is 11.3. The van der Waals surface area contributed by atoms with Crippen LogP contribution in [0.5, 0.6) is 11.5 Å². The van der Waals surface area contributed by atoms with Gasteiger partial charge in [-0.2, -0.15) is 16.8 Å². The lowest BCUT2D eigenvalue weighted by Gasteiger charge is -2.23. The van der Waals surface area contributed by atoms with Crippen LogP contribution in [0.3, 0.4) is 0 Å². The molecule has 41 heavy (non-hydrogen) atoms. The van der Waals surface area contributed by atoms with E-state index < -0.39 is 57.2 Å². The molecule has 218 valence electrons. The van der Waals surface area contributed by atoms with Crippen LogP contribution in [-0.2, 0) is 20.2 Å². The minimum Gasteiger partial charge on any atom is -0.505 e. The number of rotatable bonds is 9. The van der Waals surface area contributed by atoms with Crippen LogP contribution in [0.4, 0.5) is 17.1 Å². The molecule has 0 spiro atoms. The Morgan fingerprint density at radius 1 is 0.805 bits per heavy atom. The third kappa shape index (κ3) is 6.92. The first kappa shape index (κ1) is 30.2. The van der Waals surface area contributed by atoms with E-state index in [2.05, 4.69) is 15.5 Å². The van der Waals surface area contributed by atoms with Crippen molar-refractivity contribution < 1.29 is 49.4 Å². The molecule has 4 aromatic carbocycles. The molecule has 4 aromatic rings. The monoisotopic (exact) mass is 625 g/mol. The summed E-state index contributed by atoms with van der Waals surface area (Å²) in [6.45, 7) is 1.29. The Labute approximate surface area is 235 Å². The number of phenolic OH excluding ortho intramolecular Hbond substituents is 1. The summed E-state index contributed by atoms with van der Waals surface area (Å²) in [6.07, 6.45) is 0. The molecule has 0 fully saturated rings. The van der Waals surface area contributed by atoms with Crippen molar-refractivity contribution in [3.8, 4) is 11.5 Å². The predicted octanol–water partition coefficient (Wildman–Crippen LogP) is 5.79. The van der Waals surface area contributed by atoms with Gasteiger partial charge in [0.15, 0.2) is 12.5 Å². The van der Waals surface area contributed by atoms with Crippen molar-refractivity contribution in [3.05, 3.63) is 72.3 Å². The summed E-state index contributed by atoms with van der Waals surface area (Å²) in [6, 6.07) is 15.0. The molecule has 0 amide bonds. The van der Waals surface area contributed by atoms with Crippen LogP contribution in [0, 0.1) is 6.92 Å². The highest BCUT2D eigenvalue weighted by Gasteiger charge is 2.28. The zero-order valence-electron chi connectivity index (χ0n) is 20.9. The number of aromatic hydroxyl groups is 1. The van der Waals surface area contributed by atoms with E-state index in [4.69, 9.17) is 4.74 Å². The molecule has 4 rings (SSSR count). The lowest BCUT2D eigenvalue weighted by molar-refractivity contribution is 0.347. The fourth-order valence-electron chi connectivity index (χ4n) is 3.78. The fourth-order valence-corrected chi connectivity index (χ4v) is 5.71. The SMILES string of the molecule is Cc1ccc(N=Nc2c(S(O)(O)O)cc3cc(S(=O)(=O)O)cc(NCOc4ccccc4)c3c2O)c(S(=O)(=O)O)c1. The number of nitrogens with zero attached hydrogens (tertiary/aromatic N) is 2. The van der Waals surface area contributed by atoms with Crippen molar-refractivity contribution in [3.63, 3.8) is 0 Å². The van der Waals surface area contributed by atoms with Crippen LogP contribution >= 0.6 is 10.9 Å². The molecule has 0 bridgehead atoms. The summed E-state index contributed by atoms with van der Waals surface area (Å²) >= 11 is 0. The Morgan fingerprint density at radius 2 is 1.49 bits per heavy atom. The molecular formula is C24H23N3O11S3. The normalized spacial score (nSPS) is 13.0. The number of nitrogens with one attached hydrogen (secondary N) is 1. The van der Waals surface area contributed by atoms with Gasteiger partial charge in [-0.25, -0.2) is 0 Å². The highest BCUT2D eigenvalue weighted by Crippen LogP contribution is 2.55. The van der Waals surface area contributed by atoms with Gasteiger partial charge in [0.2, 0.25) is 0 Å². The maximum atomic E-state index is 11.9. The molecule has 7 N–H and O–H groups in total. The van der Waals surface area contributed by atoms with E-state index in [1.165, 1.54) is 12.1 Å². The number of anilines is 1. The Morgan fingerprint density at radius 3 is 2.10 bits per heavy atom. The average Bonchev–Trinajstić information content (AvgIpc) is 2.87. The van der Waals surface area contributed by atoms with E-state index in [-0.39, 0.29) is 28.9 Å². The molecule has 0 saturated heterocycles. The molecule has 17 heteroatoms. The largest absolute Gasteiger partial charge is 0.505 e. The van der Waals surface area contributed by atoms with Gasteiger partial charge >= 0.3 is 0 Å². The van der Waals surface area contributed by atoms with Gasteiger partial charge in [-0.1, -0.05) is 24.3 Å². The molecule has 0 aliphatic heterocycles. The minimum atomic E-state index is -4.80. The number of ether oxygens (including phenoxy) is 1. The highest BCUT2D eigenvalue weighted by atomic mass is 32.3. The van der Waals surface area contributed by atoms with E-state index in [1.807, 2.05) is 0 Å². The van der Waals surface area contributed by atoms with E-state index in [1.54, 1.807) is 37.3 Å². The zero-order chi connectivity index (χ0) is 30.2. The molecule has 0 heterocycles. The highest BCUT2D eigenvalue weighted by molar-refractivity contribution is 8.19. The van der Waals surface area contributed by atoms with Crippen LogP contribution in [0.2, 0.25) is 0 Å². The standard InChI is InChI=1S/C24H23N3O11S3/c1-14-7-8-18(20(9-14)40(32,33)34)26-27-23-21(41(35,36)37)11-15-10-17(39(29,30)31)12-19(22(15)24(23)28)25-13-38-16-5-3-2-4-6-16/h2-12,25,28,35-37H,13H2,1H3,(H,29,30,31)(H,32,33,34). The number of benzene rings is 4. The number of para-hydroxylation sites is 1. The molecule has 0 atom stereocenters. The summed E-state index contributed by atoms with van der Waals surface area (Å²) in [5.41, 5.74) is -0.754. The maximum Gasteiger partial charge on any atom is 0.296 e. The summed E-state index contributed by atoms with van der Waals surface area (Å²) in [5, 5.41) is 21.1. The topological polar surface area (TPSA) is 236 Å². The lowest BCUT2D eigenvalue weighted by atomic mass is 10.1. The summed E-state index contributed by atoms with van der Waals surface area (Å²) in [4.78, 5) is -2.07. The van der Waals surface area contributed by atoms with E-state index in [9.17, 15) is 44.7 Å². The van der Waals surface area contributed by atoms with Gasteiger partial charge in [0.05, 0.1) is 9.79 Å². The second kappa shape index (κ2) is 11.2. The molecular weight excluding hydrogens is 602 g/mol. The number of hydrogen-bond donors (Lipinski definition) is 7. The smallest absolute Gasteiger partial charge is 0.296 e. The molecule has 0 radical (unpaired) electrons. The van der Waals surface area contributed by atoms with Crippen LogP contribution < -0.4 is 10.1 Å². The van der Waals surface area contributed by atoms with Crippen LogP contribution in [-0.4, -0.2) is 51.4 Å². The van der Waals surface area contributed by atoms with Crippen LogP contribution in [0.15, 0.2) is 91.6 Å². The van der Waals surface area contributed by atoms with Crippen molar-refractivity contribution >= 4 is 58.9 Å². The van der Waals surface area contributed by atoms with Gasteiger partial charge in [0.25, 0.3) is 20.2 Å². The second-order valence-corrected chi connectivity index (χ2v) is 12.8. The lowest BCUT2D eigenvalue weighted by Crippen LogP contribution is -2.10. The second-order valence-electron chi connectivity index (χ2n) is 8.56. The Kier molecular flexibility index (Phi) is 8.25. The van der Waals surface area contributed by atoms with Crippen molar-refractivity contribution in [2.45, 2.75) is 21.6 Å². The first-order chi connectivity index (χ1) is 19.1. The number of azo groups is 1. The maximum absolute atomic E-state index is 11.9. The molecule has 0 saturated carbocycles.